The lowest BCUT2D eigenvalue weighted by atomic mass is 10.0. The molecule has 8 rings (SSSR count). The van der Waals surface area contributed by atoms with E-state index in [1.807, 2.05) is 11.8 Å². The average molecular weight is 967 g/mol. The molecule has 1 atom stereocenters. The third-order valence-electron chi connectivity index (χ3n) is 11.8. The Hall–Kier alpha value is -6.47. The van der Waals surface area contributed by atoms with Gasteiger partial charge in [-0.15, -0.1) is 11.8 Å². The zero-order valence-electron chi connectivity index (χ0n) is 37.7. The summed E-state index contributed by atoms with van der Waals surface area (Å²) in [5, 5.41) is 9.09. The van der Waals surface area contributed by atoms with Crippen molar-refractivity contribution in [1.82, 2.24) is 34.6 Å². The second-order valence-corrected chi connectivity index (χ2v) is 17.6. The molecule has 0 spiro atoms. The SMILES string of the molecule is Cc1ccc(C(=O)Nc2ccc(CN3CCN(CCOCCOCCOCCSc4cccc5c4C(=O)N(C4CCC(=O)NC4=O)C5=O)CC3)c(C(F)(F)F)c2)cc1C#Cc1cnc2cccnn12. The Morgan fingerprint density at radius 2 is 1.62 bits per heavy atom. The fourth-order valence-corrected chi connectivity index (χ4v) is 9.10. The van der Waals surface area contributed by atoms with Crippen molar-refractivity contribution >= 4 is 52.6 Å². The van der Waals surface area contributed by atoms with Crippen LogP contribution in [-0.4, -0.2) is 143 Å². The first kappa shape index (κ1) is 49.0. The number of aryl methyl sites for hydroxylation is 1. The van der Waals surface area contributed by atoms with E-state index >= 15 is 0 Å². The molecule has 0 saturated carbocycles. The lowest BCUT2D eigenvalue weighted by Crippen LogP contribution is -2.54. The number of anilines is 1. The lowest BCUT2D eigenvalue weighted by Gasteiger charge is -2.35. The summed E-state index contributed by atoms with van der Waals surface area (Å²) in [7, 11) is 0. The highest BCUT2D eigenvalue weighted by atomic mass is 32.2. The number of amides is 5. The summed E-state index contributed by atoms with van der Waals surface area (Å²) in [5.74, 6) is 3.88. The summed E-state index contributed by atoms with van der Waals surface area (Å²) >= 11 is 1.37. The molecule has 5 amide bonds. The van der Waals surface area contributed by atoms with E-state index in [4.69, 9.17) is 14.2 Å². The number of halogens is 3. The number of rotatable bonds is 18. The van der Waals surface area contributed by atoms with Crippen molar-refractivity contribution in [3.05, 3.63) is 124 Å². The number of ether oxygens (including phenoxy) is 3. The molecule has 5 aromatic rings. The Morgan fingerprint density at radius 3 is 2.39 bits per heavy atom. The van der Waals surface area contributed by atoms with E-state index in [1.165, 1.54) is 23.9 Å². The predicted octanol–water partition coefficient (Wildman–Crippen LogP) is 5.07. The molecule has 0 radical (unpaired) electrons. The summed E-state index contributed by atoms with van der Waals surface area (Å²) in [6.45, 7) is 7.45. The number of carbonyl (C=O) groups is 5. The molecule has 3 aromatic carbocycles. The number of piperazine rings is 1. The predicted molar refractivity (Wildman–Crippen MR) is 248 cm³/mol. The van der Waals surface area contributed by atoms with Crippen LogP contribution in [0.3, 0.4) is 0 Å². The maximum Gasteiger partial charge on any atom is 0.416 e. The van der Waals surface area contributed by atoms with E-state index < -0.39 is 47.3 Å². The van der Waals surface area contributed by atoms with Crippen LogP contribution in [0.1, 0.15) is 71.9 Å². The molecule has 0 bridgehead atoms. The number of carbonyl (C=O) groups excluding carboxylic acids is 5. The highest BCUT2D eigenvalue weighted by molar-refractivity contribution is 7.99. The van der Waals surface area contributed by atoms with Gasteiger partial charge in [-0.2, -0.15) is 18.3 Å². The molecule has 360 valence electrons. The van der Waals surface area contributed by atoms with Gasteiger partial charge in [-0.05, 0) is 78.9 Å². The van der Waals surface area contributed by atoms with Crippen molar-refractivity contribution in [2.75, 3.05) is 83.4 Å². The number of imidazole rings is 1. The van der Waals surface area contributed by atoms with Gasteiger partial charge in [0, 0.05) is 79.3 Å². The third kappa shape index (κ3) is 12.0. The maximum atomic E-state index is 14.4. The Balaban J connectivity index is 0.701. The highest BCUT2D eigenvalue weighted by Gasteiger charge is 2.45. The molecular weight excluding hydrogens is 918 g/mol. The van der Waals surface area contributed by atoms with Crippen molar-refractivity contribution in [2.45, 2.75) is 43.4 Å². The van der Waals surface area contributed by atoms with Crippen molar-refractivity contribution in [3.8, 4) is 11.8 Å². The Kier molecular flexibility index (Phi) is 15.8. The largest absolute Gasteiger partial charge is 0.416 e. The van der Waals surface area contributed by atoms with Crippen molar-refractivity contribution in [1.29, 1.82) is 0 Å². The van der Waals surface area contributed by atoms with E-state index in [-0.39, 0.29) is 47.3 Å². The van der Waals surface area contributed by atoms with E-state index in [0.717, 1.165) is 16.5 Å². The Morgan fingerprint density at radius 1 is 0.870 bits per heavy atom. The number of benzene rings is 3. The number of aromatic nitrogens is 3. The van der Waals surface area contributed by atoms with Gasteiger partial charge < -0.3 is 19.5 Å². The van der Waals surface area contributed by atoms with Crippen molar-refractivity contribution in [2.24, 2.45) is 0 Å². The minimum Gasteiger partial charge on any atom is -0.378 e. The second-order valence-electron chi connectivity index (χ2n) is 16.5. The summed E-state index contributed by atoms with van der Waals surface area (Å²) < 4.78 is 61.8. The Labute approximate surface area is 399 Å². The number of hydrogen-bond donors (Lipinski definition) is 2. The van der Waals surface area contributed by atoms with E-state index in [9.17, 15) is 37.1 Å². The first-order valence-corrected chi connectivity index (χ1v) is 23.4. The van der Waals surface area contributed by atoms with Crippen molar-refractivity contribution in [3.63, 3.8) is 0 Å². The topological polar surface area (TPSA) is 177 Å². The van der Waals surface area contributed by atoms with Crippen LogP contribution in [0, 0.1) is 18.8 Å². The first-order valence-electron chi connectivity index (χ1n) is 22.4. The highest BCUT2D eigenvalue weighted by Crippen LogP contribution is 2.36. The zero-order chi connectivity index (χ0) is 48.5. The van der Waals surface area contributed by atoms with Crippen LogP contribution in [0.4, 0.5) is 18.9 Å². The number of imide groups is 2. The van der Waals surface area contributed by atoms with Gasteiger partial charge >= 0.3 is 6.18 Å². The average Bonchev–Trinajstić information content (AvgIpc) is 3.86. The molecule has 2 N–H and O–H groups in total. The van der Waals surface area contributed by atoms with Gasteiger partial charge in [0.2, 0.25) is 11.8 Å². The number of thioether (sulfide) groups is 1. The van der Waals surface area contributed by atoms with Gasteiger partial charge in [0.1, 0.15) is 11.7 Å². The molecule has 3 aliphatic heterocycles. The second kappa shape index (κ2) is 22.3. The molecule has 2 fully saturated rings. The summed E-state index contributed by atoms with van der Waals surface area (Å²) in [5.41, 5.74) is 2.73. The quantitative estimate of drug-likeness (QED) is 0.0516. The van der Waals surface area contributed by atoms with Gasteiger partial charge in [0.15, 0.2) is 5.65 Å². The smallest absolute Gasteiger partial charge is 0.378 e. The summed E-state index contributed by atoms with van der Waals surface area (Å²) in [4.78, 5) is 73.6. The van der Waals surface area contributed by atoms with E-state index in [2.05, 4.69) is 37.5 Å². The maximum absolute atomic E-state index is 14.4. The van der Waals surface area contributed by atoms with Crippen molar-refractivity contribution < 1.29 is 51.4 Å². The number of fused-ring (bicyclic) bond motifs is 2. The van der Waals surface area contributed by atoms with Gasteiger partial charge in [-0.3, -0.25) is 44.0 Å². The molecule has 2 saturated heterocycles. The number of nitrogens with one attached hydrogen (secondary N) is 2. The van der Waals surface area contributed by atoms with Crippen LogP contribution in [0.2, 0.25) is 0 Å². The van der Waals surface area contributed by atoms with Crippen LogP contribution in [0.5, 0.6) is 0 Å². The number of nitrogens with zero attached hydrogens (tertiary/aromatic N) is 6. The molecule has 0 aliphatic carbocycles. The third-order valence-corrected chi connectivity index (χ3v) is 12.9. The molecule has 1 unspecified atom stereocenters. The molecule has 3 aliphatic rings. The first-order chi connectivity index (χ1) is 33.3. The van der Waals surface area contributed by atoms with Crippen LogP contribution in [0.25, 0.3) is 5.65 Å². The molecule has 2 aromatic heterocycles. The number of hydrogen-bond acceptors (Lipinski definition) is 13. The molecule has 5 heterocycles. The minimum atomic E-state index is -4.63. The number of alkyl halides is 3. The lowest BCUT2D eigenvalue weighted by molar-refractivity contribution is -0.138. The van der Waals surface area contributed by atoms with Crippen LogP contribution in [0.15, 0.2) is 84.0 Å². The van der Waals surface area contributed by atoms with Crippen LogP contribution in [-0.2, 0) is 36.5 Å². The van der Waals surface area contributed by atoms with Gasteiger partial charge in [0.25, 0.3) is 17.7 Å². The van der Waals surface area contributed by atoms with Crippen LogP contribution >= 0.6 is 11.8 Å². The number of piperidine rings is 1. The molecular formula is C49H49F3N8O8S. The summed E-state index contributed by atoms with van der Waals surface area (Å²) in [6, 6.07) is 16.4. The fraction of sp³-hybridized carbons (Fsp3) is 0.367. The van der Waals surface area contributed by atoms with Gasteiger partial charge in [-0.25, -0.2) is 9.50 Å². The Bertz CT molecular complexity index is 2800. The monoisotopic (exact) mass is 966 g/mol. The van der Waals surface area contributed by atoms with Gasteiger partial charge in [0.05, 0.1) is 62.5 Å². The molecule has 20 heteroatoms. The van der Waals surface area contributed by atoms with E-state index in [0.29, 0.717) is 99.9 Å². The van der Waals surface area contributed by atoms with Gasteiger partial charge in [-0.1, -0.05) is 24.1 Å². The normalized spacial score (nSPS) is 16.7. The molecule has 16 nitrogen and oxygen atoms in total. The van der Waals surface area contributed by atoms with Crippen LogP contribution < -0.4 is 10.6 Å². The zero-order valence-corrected chi connectivity index (χ0v) is 38.5. The minimum absolute atomic E-state index is 0.0347. The fourth-order valence-electron chi connectivity index (χ4n) is 8.17. The van der Waals surface area contributed by atoms with E-state index in [1.54, 1.807) is 65.4 Å². The summed E-state index contributed by atoms with van der Waals surface area (Å²) in [6.07, 6.45) is -1.25. The standard InChI is InChI=1S/C49H49F3N8O8S/c1-32-7-8-34(28-33(32)10-12-37-30-53-42-6-3-15-54-60(37)42)45(62)55-36-11-9-35(39(29-36)49(50,51)52)31-58-18-16-57(17-19-58)20-21-66-22-23-67-24-25-68-26-27-69-41-5-2-4-38-44(41)48(65)59(47(38)64)40-13-14-43(61)56-46(40)63/h2-9,11,15,28-30,40H,13-14,16-27,31H2,1H3,(H,55,62)(H,56,61,63). The molecule has 69 heavy (non-hydrogen) atoms.